The zero-order valence-electron chi connectivity index (χ0n) is 21.5. The van der Waals surface area contributed by atoms with Crippen molar-refractivity contribution in [3.8, 4) is 0 Å². The molecule has 190 valence electrons. The molecular formula is C27H50N3O3+. The molecule has 0 radical (unpaired) electrons. The lowest BCUT2D eigenvalue weighted by molar-refractivity contribution is -0.917. The first-order chi connectivity index (χ1) is 15.8. The third kappa shape index (κ3) is 10.5. The molecule has 2 saturated heterocycles. The monoisotopic (exact) mass is 464 g/mol. The van der Waals surface area contributed by atoms with E-state index in [1.165, 1.54) is 44.9 Å². The van der Waals surface area contributed by atoms with Crippen molar-refractivity contribution in [1.82, 2.24) is 4.90 Å². The van der Waals surface area contributed by atoms with Gasteiger partial charge in [-0.15, -0.1) is 0 Å². The Morgan fingerprint density at radius 3 is 2.27 bits per heavy atom. The van der Waals surface area contributed by atoms with Gasteiger partial charge in [-0.05, 0) is 12.8 Å². The number of nitrogens with two attached hydrogens (primary N) is 1. The minimum atomic E-state index is -0.235. The Hall–Kier alpha value is -1.56. The predicted octanol–water partition coefficient (Wildman–Crippen LogP) is 4.77. The highest BCUT2D eigenvalue weighted by Crippen LogP contribution is 2.26. The molecule has 2 aliphatic heterocycles. The second-order valence-corrected chi connectivity index (χ2v) is 10.7. The molecule has 2 heterocycles. The van der Waals surface area contributed by atoms with Crippen molar-refractivity contribution in [2.75, 3.05) is 39.8 Å². The van der Waals surface area contributed by atoms with E-state index in [9.17, 15) is 9.59 Å². The Balaban J connectivity index is 1.76. The summed E-state index contributed by atoms with van der Waals surface area (Å²) in [6.07, 6.45) is 14.9. The van der Waals surface area contributed by atoms with Crippen molar-refractivity contribution in [3.05, 3.63) is 12.3 Å². The number of unbranched alkanes of at least 4 members (excludes halogenated alkanes) is 8. The second-order valence-electron chi connectivity index (χ2n) is 10.7. The first kappa shape index (κ1) is 27.7. The quantitative estimate of drug-likeness (QED) is 0.203. The van der Waals surface area contributed by atoms with Gasteiger partial charge in [-0.3, -0.25) is 9.59 Å². The maximum atomic E-state index is 12.6. The number of piperidine rings is 1. The van der Waals surface area contributed by atoms with Crippen molar-refractivity contribution in [1.29, 1.82) is 0 Å². The molecule has 33 heavy (non-hydrogen) atoms. The molecule has 6 nitrogen and oxygen atoms in total. The zero-order chi connectivity index (χ0) is 24.1. The summed E-state index contributed by atoms with van der Waals surface area (Å²) in [4.78, 5) is 26.7. The molecule has 1 amide bonds. The minimum absolute atomic E-state index is 0.105. The molecular weight excluding hydrogens is 414 g/mol. The van der Waals surface area contributed by atoms with Gasteiger partial charge in [-0.1, -0.05) is 64.9 Å². The second kappa shape index (κ2) is 14.6. The van der Waals surface area contributed by atoms with Crippen molar-refractivity contribution in [2.24, 2.45) is 11.7 Å². The van der Waals surface area contributed by atoms with Crippen LogP contribution in [0.3, 0.4) is 0 Å². The maximum Gasteiger partial charge on any atom is 0.306 e. The van der Waals surface area contributed by atoms with Crippen LogP contribution >= 0.6 is 0 Å². The lowest BCUT2D eigenvalue weighted by atomic mass is 9.92. The summed E-state index contributed by atoms with van der Waals surface area (Å²) in [6, 6.07) is 0. The molecule has 2 rings (SSSR count). The van der Waals surface area contributed by atoms with Gasteiger partial charge in [-0.25, -0.2) is 0 Å². The van der Waals surface area contributed by atoms with Crippen LogP contribution in [0.4, 0.5) is 0 Å². The molecule has 6 heteroatoms. The molecule has 0 aromatic carbocycles. The minimum Gasteiger partial charge on any atom is -0.454 e. The number of amides is 1. The smallest absolute Gasteiger partial charge is 0.306 e. The summed E-state index contributed by atoms with van der Waals surface area (Å²) < 4.78 is 6.85. The Morgan fingerprint density at radius 2 is 1.73 bits per heavy atom. The average molecular weight is 465 g/mol. The number of likely N-dealkylation sites (tertiary alicyclic amines) is 2. The summed E-state index contributed by atoms with van der Waals surface area (Å²) in [5.74, 6) is 0.478. The van der Waals surface area contributed by atoms with Crippen molar-refractivity contribution >= 4 is 11.9 Å². The maximum absolute atomic E-state index is 12.6. The molecule has 0 aromatic rings. The third-order valence-electron chi connectivity index (χ3n) is 7.58. The number of carbonyl (C=O) groups excluding carboxylic acids is 2. The van der Waals surface area contributed by atoms with Gasteiger partial charge in [0.25, 0.3) is 0 Å². The Labute approximate surface area is 202 Å². The summed E-state index contributed by atoms with van der Waals surface area (Å²) in [5, 5.41) is 0. The van der Waals surface area contributed by atoms with Gasteiger partial charge in [0.15, 0.2) is 6.10 Å². The van der Waals surface area contributed by atoms with Crippen LogP contribution < -0.4 is 5.73 Å². The fraction of sp³-hybridized carbons (Fsp3) is 0.852. The van der Waals surface area contributed by atoms with Gasteiger partial charge in [-0.2, -0.15) is 0 Å². The number of hydrogen-bond acceptors (Lipinski definition) is 4. The van der Waals surface area contributed by atoms with Crippen molar-refractivity contribution in [3.63, 3.8) is 0 Å². The molecule has 2 N–H and O–H groups in total. The number of rotatable bonds is 16. The molecule has 0 saturated carbocycles. The van der Waals surface area contributed by atoms with E-state index in [4.69, 9.17) is 10.5 Å². The van der Waals surface area contributed by atoms with Crippen LogP contribution in [0.15, 0.2) is 12.3 Å². The van der Waals surface area contributed by atoms with E-state index in [-0.39, 0.29) is 18.0 Å². The lowest BCUT2D eigenvalue weighted by Gasteiger charge is -2.42. The molecule has 0 aliphatic carbocycles. The van der Waals surface area contributed by atoms with Crippen LogP contribution in [0, 0.1) is 5.92 Å². The fourth-order valence-corrected chi connectivity index (χ4v) is 5.34. The molecule has 0 bridgehead atoms. The molecule has 0 aromatic heterocycles. The van der Waals surface area contributed by atoms with E-state index in [1.54, 1.807) is 0 Å². The summed E-state index contributed by atoms with van der Waals surface area (Å²) in [6.45, 7) is 10.2. The van der Waals surface area contributed by atoms with Crippen LogP contribution in [0.2, 0.25) is 0 Å². The highest BCUT2D eigenvalue weighted by atomic mass is 16.5. The third-order valence-corrected chi connectivity index (χ3v) is 7.58. The van der Waals surface area contributed by atoms with E-state index >= 15 is 0 Å². The van der Waals surface area contributed by atoms with E-state index in [0.717, 1.165) is 68.5 Å². The molecule has 1 unspecified atom stereocenters. The number of carbonyl (C=O) groups is 2. The molecule has 2 fully saturated rings. The van der Waals surface area contributed by atoms with E-state index in [0.29, 0.717) is 25.3 Å². The predicted molar refractivity (Wildman–Crippen MR) is 134 cm³/mol. The summed E-state index contributed by atoms with van der Waals surface area (Å²) >= 11 is 0. The first-order valence-electron chi connectivity index (χ1n) is 13.6. The zero-order valence-corrected chi connectivity index (χ0v) is 21.5. The number of quaternary nitrogens is 1. The standard InChI is InChI=1S/C27H50N3O3/c1-4-5-6-7-8-9-10-11-12-15-27(32)33-25(21-29-18-13-14-26(29)31)22-30(3)19-16-24(17-20-30)23(2)28/h24-25H,2,4-22,28H2,1,3H3/q+1. The van der Waals surface area contributed by atoms with Crippen LogP contribution in [-0.4, -0.2) is 67.1 Å². The Bertz CT molecular complexity index is 614. The SMILES string of the molecule is C=C(N)C1CC[N+](C)(CC(CN2CCCC2=O)OC(=O)CCCCCCCCCCC)CC1. The highest BCUT2D eigenvalue weighted by molar-refractivity contribution is 5.78. The fourth-order valence-electron chi connectivity index (χ4n) is 5.34. The van der Waals surface area contributed by atoms with Gasteiger partial charge in [0, 0.05) is 43.8 Å². The topological polar surface area (TPSA) is 72.6 Å². The van der Waals surface area contributed by atoms with Gasteiger partial charge < -0.3 is 19.9 Å². The summed E-state index contributed by atoms with van der Waals surface area (Å²) in [5.41, 5.74) is 6.72. The summed E-state index contributed by atoms with van der Waals surface area (Å²) in [7, 11) is 2.24. The number of esters is 1. The Kier molecular flexibility index (Phi) is 12.3. The van der Waals surface area contributed by atoms with Gasteiger partial charge in [0.1, 0.15) is 6.54 Å². The van der Waals surface area contributed by atoms with Crippen molar-refractivity contribution < 1.29 is 18.8 Å². The highest BCUT2D eigenvalue weighted by Gasteiger charge is 2.36. The van der Waals surface area contributed by atoms with Gasteiger partial charge >= 0.3 is 5.97 Å². The van der Waals surface area contributed by atoms with Gasteiger partial charge in [0.2, 0.25) is 5.91 Å². The lowest BCUT2D eigenvalue weighted by Crippen LogP contribution is -2.56. The number of ether oxygens (including phenoxy) is 1. The largest absolute Gasteiger partial charge is 0.454 e. The van der Waals surface area contributed by atoms with Crippen molar-refractivity contribution in [2.45, 2.75) is 103 Å². The van der Waals surface area contributed by atoms with Crippen LogP contribution in [0.25, 0.3) is 0 Å². The Morgan fingerprint density at radius 1 is 1.12 bits per heavy atom. The molecule has 0 spiro atoms. The number of allylic oxidation sites excluding steroid dienone is 1. The average Bonchev–Trinajstić information content (AvgIpc) is 3.16. The number of hydrogen-bond donors (Lipinski definition) is 1. The normalized spacial score (nSPS) is 24.1. The van der Waals surface area contributed by atoms with E-state index in [1.807, 2.05) is 4.90 Å². The first-order valence-corrected chi connectivity index (χ1v) is 13.6. The van der Waals surface area contributed by atoms with E-state index in [2.05, 4.69) is 20.6 Å². The van der Waals surface area contributed by atoms with Gasteiger partial charge in [0.05, 0.1) is 26.7 Å². The molecule has 2 aliphatic rings. The van der Waals surface area contributed by atoms with Crippen LogP contribution in [-0.2, 0) is 14.3 Å². The number of likely N-dealkylation sites (N-methyl/N-ethyl adjacent to an activating group) is 1. The van der Waals surface area contributed by atoms with E-state index < -0.39 is 0 Å². The number of nitrogens with zero attached hydrogens (tertiary/aromatic N) is 2. The van der Waals surface area contributed by atoms with Crippen LogP contribution in [0.5, 0.6) is 0 Å². The molecule has 1 atom stereocenters. The van der Waals surface area contributed by atoms with Crippen LogP contribution in [0.1, 0.15) is 96.8 Å².